The van der Waals surface area contributed by atoms with Crippen molar-refractivity contribution in [1.82, 2.24) is 15.2 Å². The first kappa shape index (κ1) is 26.5. The van der Waals surface area contributed by atoms with Gasteiger partial charge in [0.2, 0.25) is 0 Å². The first-order valence-corrected chi connectivity index (χ1v) is 14.0. The SMILES string of the molecule is NC1CCN(c2ccc(C(=O)Nc3[nH]nc4ncc(Sc5cc(F)cc(F)c5)cc34)c(NC3CCOCC3)c2)C1. The van der Waals surface area contributed by atoms with Crippen LogP contribution in [-0.2, 0) is 4.74 Å². The van der Waals surface area contributed by atoms with Crippen molar-refractivity contribution < 1.29 is 18.3 Å². The number of rotatable bonds is 7. The number of nitrogens with zero attached hydrogens (tertiary/aromatic N) is 3. The Morgan fingerprint density at radius 3 is 2.62 bits per heavy atom. The molecular weight excluding hydrogens is 536 g/mol. The van der Waals surface area contributed by atoms with Gasteiger partial charge in [0.15, 0.2) is 5.65 Å². The molecule has 1 unspecified atom stereocenters. The van der Waals surface area contributed by atoms with E-state index in [1.165, 1.54) is 12.1 Å². The number of benzene rings is 2. The maximum Gasteiger partial charge on any atom is 0.258 e. The smallest absolute Gasteiger partial charge is 0.258 e. The maximum atomic E-state index is 13.7. The lowest BCUT2D eigenvalue weighted by Gasteiger charge is -2.27. The number of nitrogens with two attached hydrogens (primary N) is 1. The predicted molar refractivity (Wildman–Crippen MR) is 151 cm³/mol. The van der Waals surface area contributed by atoms with Gasteiger partial charge >= 0.3 is 0 Å². The first-order valence-electron chi connectivity index (χ1n) is 13.2. The van der Waals surface area contributed by atoms with E-state index in [1.807, 2.05) is 18.2 Å². The molecular formula is C28H29F2N7O2S. The van der Waals surface area contributed by atoms with Crippen LogP contribution in [0.15, 0.2) is 58.5 Å². The van der Waals surface area contributed by atoms with Crippen LogP contribution in [0.1, 0.15) is 29.6 Å². The van der Waals surface area contributed by atoms with Gasteiger partial charge < -0.3 is 26.0 Å². The van der Waals surface area contributed by atoms with E-state index in [0.29, 0.717) is 45.4 Å². The lowest BCUT2D eigenvalue weighted by Crippen LogP contribution is -2.30. The van der Waals surface area contributed by atoms with Gasteiger partial charge in [0.05, 0.1) is 10.9 Å². The van der Waals surface area contributed by atoms with Crippen LogP contribution in [-0.4, -0.2) is 59.5 Å². The highest BCUT2D eigenvalue weighted by molar-refractivity contribution is 7.99. The molecule has 2 aliphatic heterocycles. The number of amides is 1. The number of halogens is 2. The van der Waals surface area contributed by atoms with E-state index in [2.05, 4.69) is 30.7 Å². The van der Waals surface area contributed by atoms with Crippen LogP contribution in [0, 0.1) is 11.6 Å². The Morgan fingerprint density at radius 2 is 1.88 bits per heavy atom. The molecule has 208 valence electrons. The van der Waals surface area contributed by atoms with Crippen molar-refractivity contribution in [2.45, 2.75) is 41.1 Å². The Labute approximate surface area is 233 Å². The Hall–Kier alpha value is -3.74. The number of aromatic nitrogens is 3. The van der Waals surface area contributed by atoms with E-state index in [1.54, 1.807) is 12.3 Å². The number of hydrogen-bond donors (Lipinski definition) is 4. The molecule has 2 fully saturated rings. The van der Waals surface area contributed by atoms with Crippen molar-refractivity contribution in [3.05, 3.63) is 65.9 Å². The molecule has 5 N–H and O–H groups in total. The molecule has 9 nitrogen and oxygen atoms in total. The molecule has 2 aromatic carbocycles. The number of hydrogen-bond acceptors (Lipinski definition) is 8. The summed E-state index contributed by atoms with van der Waals surface area (Å²) in [5.74, 6) is -1.24. The van der Waals surface area contributed by atoms with E-state index < -0.39 is 11.6 Å². The summed E-state index contributed by atoms with van der Waals surface area (Å²) in [5, 5.41) is 14.1. The molecule has 2 saturated heterocycles. The molecule has 4 heterocycles. The van der Waals surface area contributed by atoms with Gasteiger partial charge in [-0.1, -0.05) is 11.8 Å². The molecule has 1 amide bonds. The van der Waals surface area contributed by atoms with E-state index >= 15 is 0 Å². The summed E-state index contributed by atoms with van der Waals surface area (Å²) in [6.07, 6.45) is 4.21. The average molecular weight is 566 g/mol. The molecule has 6 rings (SSSR count). The van der Waals surface area contributed by atoms with Crippen LogP contribution in [0.25, 0.3) is 11.0 Å². The summed E-state index contributed by atoms with van der Waals surface area (Å²) in [4.78, 5) is 21.2. The van der Waals surface area contributed by atoms with Crippen molar-refractivity contribution in [1.29, 1.82) is 0 Å². The fourth-order valence-corrected chi connectivity index (χ4v) is 5.96. The van der Waals surface area contributed by atoms with Crippen molar-refractivity contribution in [2.24, 2.45) is 5.73 Å². The number of nitrogens with one attached hydrogen (secondary N) is 3. The van der Waals surface area contributed by atoms with E-state index in [-0.39, 0.29) is 18.0 Å². The van der Waals surface area contributed by atoms with Crippen LogP contribution >= 0.6 is 11.8 Å². The fraction of sp³-hybridized carbons (Fsp3) is 0.321. The lowest BCUT2D eigenvalue weighted by molar-refractivity contribution is 0.0904. The van der Waals surface area contributed by atoms with E-state index in [9.17, 15) is 13.6 Å². The first-order chi connectivity index (χ1) is 19.4. The third kappa shape index (κ3) is 5.88. The molecule has 0 bridgehead atoms. The number of ether oxygens (including phenoxy) is 1. The van der Waals surface area contributed by atoms with Gasteiger partial charge in [-0.15, -0.1) is 0 Å². The molecule has 0 aliphatic carbocycles. The Balaban J connectivity index is 1.26. The highest BCUT2D eigenvalue weighted by Crippen LogP contribution is 2.33. The van der Waals surface area contributed by atoms with E-state index in [4.69, 9.17) is 10.5 Å². The fourth-order valence-electron chi connectivity index (χ4n) is 5.07. The zero-order chi connectivity index (χ0) is 27.6. The molecule has 12 heteroatoms. The summed E-state index contributed by atoms with van der Waals surface area (Å²) in [7, 11) is 0. The van der Waals surface area contributed by atoms with Gasteiger partial charge in [0, 0.05) is 71.8 Å². The van der Waals surface area contributed by atoms with Gasteiger partial charge in [-0.05, 0) is 55.7 Å². The number of fused-ring (bicyclic) bond motifs is 1. The minimum absolute atomic E-state index is 0.139. The second-order valence-electron chi connectivity index (χ2n) is 10.1. The molecule has 0 radical (unpaired) electrons. The molecule has 2 aliphatic rings. The van der Waals surface area contributed by atoms with Crippen LogP contribution in [0.5, 0.6) is 0 Å². The van der Waals surface area contributed by atoms with Crippen LogP contribution in [0.2, 0.25) is 0 Å². The second-order valence-corrected chi connectivity index (χ2v) is 11.2. The number of pyridine rings is 1. The average Bonchev–Trinajstić information content (AvgIpc) is 3.54. The summed E-state index contributed by atoms with van der Waals surface area (Å²) < 4.78 is 32.8. The zero-order valence-electron chi connectivity index (χ0n) is 21.6. The third-order valence-corrected chi connectivity index (χ3v) is 8.04. The van der Waals surface area contributed by atoms with Crippen LogP contribution in [0.4, 0.5) is 26.0 Å². The van der Waals surface area contributed by atoms with E-state index in [0.717, 1.165) is 61.6 Å². The van der Waals surface area contributed by atoms with Crippen LogP contribution in [0.3, 0.4) is 0 Å². The topological polar surface area (TPSA) is 121 Å². The summed E-state index contributed by atoms with van der Waals surface area (Å²) in [5.41, 5.74) is 8.80. The summed E-state index contributed by atoms with van der Waals surface area (Å²) >= 11 is 1.16. The Bertz CT molecular complexity index is 1520. The number of anilines is 3. The summed E-state index contributed by atoms with van der Waals surface area (Å²) in [6, 6.07) is 11.2. The van der Waals surface area contributed by atoms with Crippen LogP contribution < -0.4 is 21.3 Å². The standard InChI is InChI=1S/C28H29F2N7O2S/c29-16-9-17(30)11-21(10-16)40-22-13-24-26(32-14-22)35-36-27(24)34-28(38)23-2-1-20(37-6-3-18(31)15-37)12-25(23)33-19-4-7-39-8-5-19/h1-2,9-14,18-19,33H,3-8,15,31H2,(H2,32,34,35,36,38). The highest BCUT2D eigenvalue weighted by atomic mass is 32.2. The number of carbonyl (C=O) groups excluding carboxylic acids is 1. The van der Waals surface area contributed by atoms with Gasteiger partial charge in [-0.25, -0.2) is 13.8 Å². The molecule has 0 saturated carbocycles. The molecule has 40 heavy (non-hydrogen) atoms. The Morgan fingerprint density at radius 1 is 1.07 bits per heavy atom. The van der Waals surface area contributed by atoms with Gasteiger partial charge in [0.25, 0.3) is 5.91 Å². The zero-order valence-corrected chi connectivity index (χ0v) is 22.4. The van der Waals surface area contributed by atoms with Gasteiger partial charge in [-0.3, -0.25) is 9.89 Å². The third-order valence-electron chi connectivity index (χ3n) is 7.11. The van der Waals surface area contributed by atoms with Crippen molar-refractivity contribution in [3.8, 4) is 0 Å². The van der Waals surface area contributed by atoms with Crippen molar-refractivity contribution in [3.63, 3.8) is 0 Å². The number of H-pyrrole nitrogens is 1. The normalized spacial score (nSPS) is 17.9. The quantitative estimate of drug-likeness (QED) is 0.253. The highest BCUT2D eigenvalue weighted by Gasteiger charge is 2.23. The minimum Gasteiger partial charge on any atom is -0.381 e. The Kier molecular flexibility index (Phi) is 7.55. The second kappa shape index (κ2) is 11.4. The molecule has 0 spiro atoms. The maximum absolute atomic E-state index is 13.7. The number of aromatic amines is 1. The predicted octanol–water partition coefficient (Wildman–Crippen LogP) is 4.77. The van der Waals surface area contributed by atoms with Gasteiger partial charge in [-0.2, -0.15) is 5.10 Å². The van der Waals surface area contributed by atoms with Crippen molar-refractivity contribution >= 4 is 45.9 Å². The molecule has 1 atom stereocenters. The van der Waals surface area contributed by atoms with Gasteiger partial charge in [0.1, 0.15) is 17.5 Å². The molecule has 4 aromatic rings. The largest absolute Gasteiger partial charge is 0.381 e. The minimum atomic E-state index is -0.656. The number of carbonyl (C=O) groups is 1. The summed E-state index contributed by atoms with van der Waals surface area (Å²) in [6.45, 7) is 3.00. The van der Waals surface area contributed by atoms with Crippen molar-refractivity contribution in [2.75, 3.05) is 41.8 Å². The monoisotopic (exact) mass is 565 g/mol. The lowest BCUT2D eigenvalue weighted by atomic mass is 10.1. The molecule has 2 aromatic heterocycles.